The quantitative estimate of drug-likeness (QED) is 0.826. The fourth-order valence-electron chi connectivity index (χ4n) is 3.40. The van der Waals surface area contributed by atoms with Gasteiger partial charge in [-0.2, -0.15) is 0 Å². The van der Waals surface area contributed by atoms with Crippen LogP contribution in [-0.2, 0) is 9.59 Å². The Balaban J connectivity index is 1.54. The van der Waals surface area contributed by atoms with Gasteiger partial charge in [-0.1, -0.05) is 11.6 Å². The molecule has 1 heterocycles. The summed E-state index contributed by atoms with van der Waals surface area (Å²) >= 11 is 0. The zero-order chi connectivity index (χ0) is 17.8. The average molecular weight is 348 g/mol. The Morgan fingerprint density at radius 2 is 2.12 bits per heavy atom. The minimum Gasteiger partial charge on any atom is -0.342 e. The van der Waals surface area contributed by atoms with Crippen LogP contribution in [0.1, 0.15) is 38.5 Å². The van der Waals surface area contributed by atoms with Gasteiger partial charge in [-0.25, -0.2) is 8.78 Å². The molecular weight excluding hydrogens is 326 g/mol. The van der Waals surface area contributed by atoms with Crippen LogP contribution in [0.3, 0.4) is 0 Å². The van der Waals surface area contributed by atoms with Crippen molar-refractivity contribution in [1.29, 1.82) is 0 Å². The van der Waals surface area contributed by atoms with E-state index in [-0.39, 0.29) is 18.0 Å². The van der Waals surface area contributed by atoms with Gasteiger partial charge in [0.1, 0.15) is 11.6 Å². The van der Waals surface area contributed by atoms with Crippen LogP contribution in [0.2, 0.25) is 0 Å². The SMILES string of the molecule is O=C(Nc1ccc(F)cc1F)C1CC(=O)N(CCC2=CCCCC2)C1. The van der Waals surface area contributed by atoms with E-state index < -0.39 is 23.5 Å². The van der Waals surface area contributed by atoms with Gasteiger partial charge in [-0.05, 0) is 44.2 Å². The number of benzene rings is 1. The van der Waals surface area contributed by atoms with Crippen LogP contribution < -0.4 is 5.32 Å². The van der Waals surface area contributed by atoms with E-state index >= 15 is 0 Å². The highest BCUT2D eigenvalue weighted by atomic mass is 19.1. The van der Waals surface area contributed by atoms with Crippen LogP contribution in [0.15, 0.2) is 29.8 Å². The number of allylic oxidation sites excluding steroid dienone is 1. The molecule has 1 aromatic rings. The van der Waals surface area contributed by atoms with Crippen LogP contribution in [0.5, 0.6) is 0 Å². The van der Waals surface area contributed by atoms with E-state index in [0.717, 1.165) is 31.4 Å². The Kier molecular flexibility index (Phi) is 5.46. The third kappa shape index (κ3) is 4.44. The number of rotatable bonds is 5. The maximum atomic E-state index is 13.6. The lowest BCUT2D eigenvalue weighted by molar-refractivity contribution is -0.128. The van der Waals surface area contributed by atoms with Crippen molar-refractivity contribution in [1.82, 2.24) is 4.90 Å². The van der Waals surface area contributed by atoms with Crippen LogP contribution in [0.4, 0.5) is 14.5 Å². The van der Waals surface area contributed by atoms with Crippen LogP contribution >= 0.6 is 0 Å². The first-order chi connectivity index (χ1) is 12.0. The zero-order valence-electron chi connectivity index (χ0n) is 14.1. The van der Waals surface area contributed by atoms with Gasteiger partial charge in [0.2, 0.25) is 11.8 Å². The van der Waals surface area contributed by atoms with Gasteiger partial charge in [0.05, 0.1) is 11.6 Å². The lowest BCUT2D eigenvalue weighted by atomic mass is 9.97. The van der Waals surface area contributed by atoms with E-state index in [1.807, 2.05) is 0 Å². The molecule has 1 fully saturated rings. The molecule has 0 bridgehead atoms. The first kappa shape index (κ1) is 17.6. The van der Waals surface area contributed by atoms with Crippen LogP contribution in [0, 0.1) is 17.6 Å². The maximum Gasteiger partial charge on any atom is 0.229 e. The smallest absolute Gasteiger partial charge is 0.229 e. The molecule has 3 rings (SSSR count). The largest absolute Gasteiger partial charge is 0.342 e. The highest BCUT2D eigenvalue weighted by Crippen LogP contribution is 2.24. The molecule has 1 unspecified atom stereocenters. The summed E-state index contributed by atoms with van der Waals surface area (Å²) in [4.78, 5) is 26.1. The number of nitrogens with zero attached hydrogens (tertiary/aromatic N) is 1. The Morgan fingerprint density at radius 3 is 2.84 bits per heavy atom. The summed E-state index contributed by atoms with van der Waals surface area (Å²) in [6, 6.07) is 3.00. The fraction of sp³-hybridized carbons (Fsp3) is 0.474. The molecule has 0 radical (unpaired) electrons. The van der Waals surface area contributed by atoms with E-state index in [4.69, 9.17) is 0 Å². The zero-order valence-corrected chi connectivity index (χ0v) is 14.1. The number of nitrogens with one attached hydrogen (secondary N) is 1. The second-order valence-corrected chi connectivity index (χ2v) is 6.71. The summed E-state index contributed by atoms with van der Waals surface area (Å²) in [5, 5.41) is 2.46. The van der Waals surface area contributed by atoms with Crippen molar-refractivity contribution in [2.75, 3.05) is 18.4 Å². The molecule has 2 aliphatic rings. The second-order valence-electron chi connectivity index (χ2n) is 6.71. The first-order valence-electron chi connectivity index (χ1n) is 8.74. The monoisotopic (exact) mass is 348 g/mol. The fourth-order valence-corrected chi connectivity index (χ4v) is 3.40. The average Bonchev–Trinajstić information content (AvgIpc) is 2.97. The van der Waals surface area contributed by atoms with Crippen molar-refractivity contribution < 1.29 is 18.4 Å². The molecule has 2 amide bonds. The van der Waals surface area contributed by atoms with Crippen molar-refractivity contribution in [3.05, 3.63) is 41.5 Å². The van der Waals surface area contributed by atoms with E-state index in [1.165, 1.54) is 24.5 Å². The summed E-state index contributed by atoms with van der Waals surface area (Å²) in [5.74, 6) is -2.47. The summed E-state index contributed by atoms with van der Waals surface area (Å²) in [5.41, 5.74) is 1.32. The van der Waals surface area contributed by atoms with Crippen LogP contribution in [0.25, 0.3) is 0 Å². The number of likely N-dealkylation sites (tertiary alicyclic amines) is 1. The lowest BCUT2D eigenvalue weighted by Crippen LogP contribution is -2.29. The molecule has 4 nitrogen and oxygen atoms in total. The molecule has 25 heavy (non-hydrogen) atoms. The summed E-state index contributed by atoms with van der Waals surface area (Å²) in [7, 11) is 0. The molecule has 1 saturated heterocycles. The molecule has 1 aromatic carbocycles. The van der Waals surface area contributed by atoms with Gasteiger partial charge in [0, 0.05) is 25.6 Å². The van der Waals surface area contributed by atoms with Crippen LogP contribution in [-0.4, -0.2) is 29.8 Å². The minimum atomic E-state index is -0.821. The number of hydrogen-bond donors (Lipinski definition) is 1. The van der Waals surface area contributed by atoms with Crippen molar-refractivity contribution in [3.8, 4) is 0 Å². The minimum absolute atomic E-state index is 0.0452. The topological polar surface area (TPSA) is 49.4 Å². The van der Waals surface area contributed by atoms with E-state index in [2.05, 4.69) is 11.4 Å². The van der Waals surface area contributed by atoms with Crippen molar-refractivity contribution in [2.45, 2.75) is 38.5 Å². The molecule has 1 atom stereocenters. The standard InChI is InChI=1S/C19H22F2N2O2/c20-15-6-7-17(16(21)11-15)22-19(25)14-10-18(24)23(12-14)9-8-13-4-2-1-3-5-13/h4,6-7,11,14H,1-3,5,8-10,12H2,(H,22,25). The molecule has 0 spiro atoms. The molecule has 134 valence electrons. The number of halogens is 2. The normalized spacial score (nSPS) is 20.6. The number of anilines is 1. The highest BCUT2D eigenvalue weighted by molar-refractivity contribution is 5.97. The Bertz CT molecular complexity index is 703. The Morgan fingerprint density at radius 1 is 1.28 bits per heavy atom. The number of carbonyl (C=O) groups is 2. The Hall–Kier alpha value is -2.24. The number of amides is 2. The van der Waals surface area contributed by atoms with Crippen molar-refractivity contribution in [2.24, 2.45) is 5.92 Å². The highest BCUT2D eigenvalue weighted by Gasteiger charge is 2.34. The van der Waals surface area contributed by atoms with E-state index in [0.29, 0.717) is 13.1 Å². The molecule has 0 aromatic heterocycles. The van der Waals surface area contributed by atoms with Gasteiger partial charge in [0.25, 0.3) is 0 Å². The number of carbonyl (C=O) groups excluding carboxylic acids is 2. The molecule has 1 aliphatic heterocycles. The summed E-state index contributed by atoms with van der Waals surface area (Å²) < 4.78 is 26.6. The van der Waals surface area contributed by atoms with Gasteiger partial charge in [0.15, 0.2) is 0 Å². The van der Waals surface area contributed by atoms with Crippen molar-refractivity contribution in [3.63, 3.8) is 0 Å². The van der Waals surface area contributed by atoms with Gasteiger partial charge < -0.3 is 10.2 Å². The Labute approximate surface area is 145 Å². The molecular formula is C19H22F2N2O2. The third-order valence-corrected chi connectivity index (χ3v) is 4.86. The van der Waals surface area contributed by atoms with Gasteiger partial charge in [-0.3, -0.25) is 9.59 Å². The van der Waals surface area contributed by atoms with Crippen molar-refractivity contribution >= 4 is 17.5 Å². The molecule has 1 N–H and O–H groups in total. The molecule has 0 saturated carbocycles. The predicted octanol–water partition coefficient (Wildman–Crippen LogP) is 3.64. The second kappa shape index (κ2) is 7.76. The summed E-state index contributed by atoms with van der Waals surface area (Å²) in [6.07, 6.45) is 7.88. The molecule has 6 heteroatoms. The van der Waals surface area contributed by atoms with Gasteiger partial charge >= 0.3 is 0 Å². The third-order valence-electron chi connectivity index (χ3n) is 4.86. The van der Waals surface area contributed by atoms with Gasteiger partial charge in [-0.15, -0.1) is 0 Å². The lowest BCUT2D eigenvalue weighted by Gasteiger charge is -2.19. The van der Waals surface area contributed by atoms with E-state index in [9.17, 15) is 18.4 Å². The maximum absolute atomic E-state index is 13.6. The number of hydrogen-bond acceptors (Lipinski definition) is 2. The summed E-state index contributed by atoms with van der Waals surface area (Å²) in [6.45, 7) is 0.972. The molecule has 1 aliphatic carbocycles. The first-order valence-corrected chi connectivity index (χ1v) is 8.74. The van der Waals surface area contributed by atoms with E-state index in [1.54, 1.807) is 4.90 Å². The predicted molar refractivity (Wildman–Crippen MR) is 90.8 cm³/mol.